The second-order valence-corrected chi connectivity index (χ2v) is 11.0. The van der Waals surface area contributed by atoms with Crippen LogP contribution in [-0.4, -0.2) is 31.5 Å². The summed E-state index contributed by atoms with van der Waals surface area (Å²) in [6.07, 6.45) is 15.0. The van der Waals surface area contributed by atoms with E-state index >= 15 is 0 Å². The van der Waals surface area contributed by atoms with Crippen molar-refractivity contribution in [2.24, 2.45) is 40.9 Å². The van der Waals surface area contributed by atoms with Crippen LogP contribution in [0.3, 0.4) is 0 Å². The fourth-order valence-electron chi connectivity index (χ4n) is 8.40. The first-order valence-corrected chi connectivity index (χ1v) is 12.0. The highest BCUT2D eigenvalue weighted by atomic mass is 16.3. The molecule has 4 fully saturated rings. The molecule has 0 aliphatic heterocycles. The zero-order chi connectivity index (χ0) is 20.2. The van der Waals surface area contributed by atoms with Crippen LogP contribution in [0.2, 0.25) is 0 Å². The summed E-state index contributed by atoms with van der Waals surface area (Å²) in [6, 6.07) is 0. The summed E-state index contributed by atoms with van der Waals surface area (Å²) in [5.74, 6) is 4.42. The van der Waals surface area contributed by atoms with E-state index in [4.69, 9.17) is 0 Å². The Hall–Kier alpha value is -1.23. The number of hydrogen-bond donors (Lipinski definition) is 1. The second kappa shape index (κ2) is 7.18. The largest absolute Gasteiger partial charge is 0.390 e. The Balaban J connectivity index is 1.31. The van der Waals surface area contributed by atoms with Gasteiger partial charge in [-0.2, -0.15) is 0 Å². The molecular weight excluding hydrogens is 362 g/mol. The molecule has 4 saturated carbocycles. The number of carbonyl (C=O) groups excluding carboxylic acids is 1. The van der Waals surface area contributed by atoms with Gasteiger partial charge in [-0.25, -0.2) is 4.68 Å². The Labute approximate surface area is 174 Å². The van der Waals surface area contributed by atoms with Crippen molar-refractivity contribution in [3.8, 4) is 0 Å². The molecule has 1 N–H and O–H groups in total. The highest BCUT2D eigenvalue weighted by Gasteiger charge is 2.58. The molecule has 5 rings (SSSR count). The molecule has 29 heavy (non-hydrogen) atoms. The molecule has 0 radical (unpaired) electrons. The van der Waals surface area contributed by atoms with Gasteiger partial charge in [0.1, 0.15) is 6.54 Å². The van der Waals surface area contributed by atoms with Crippen LogP contribution in [0.5, 0.6) is 0 Å². The number of aromatic nitrogens is 3. The standard InChI is InChI=1S/C24H37N3O2/c1-3-24(29)11-9-17-16(14-24)4-5-19-18(17)8-10-23(2)20(19)6-7-21(23)22(28)15-27-13-12-25-26-27/h12-13,16-21,29H,3-11,14-15H2,1-2H3/t16-,17-,18+,19+,20-,21+,23-,24+/m0/s1. The topological polar surface area (TPSA) is 68.0 Å². The first-order valence-electron chi connectivity index (χ1n) is 12.0. The minimum Gasteiger partial charge on any atom is -0.390 e. The molecular formula is C24H37N3O2. The third-order valence-electron chi connectivity index (χ3n) is 9.94. The minimum absolute atomic E-state index is 0.171. The summed E-state index contributed by atoms with van der Waals surface area (Å²) < 4.78 is 1.69. The molecule has 0 spiro atoms. The first kappa shape index (κ1) is 19.7. The fourth-order valence-corrected chi connectivity index (χ4v) is 8.40. The maximum absolute atomic E-state index is 13.1. The lowest BCUT2D eigenvalue weighted by Gasteiger charge is -2.57. The van der Waals surface area contributed by atoms with E-state index < -0.39 is 5.60 Å². The van der Waals surface area contributed by atoms with Gasteiger partial charge in [-0.05, 0) is 99.2 Å². The summed E-state index contributed by atoms with van der Waals surface area (Å²) in [7, 11) is 0. The van der Waals surface area contributed by atoms with Crippen LogP contribution in [0.25, 0.3) is 0 Å². The van der Waals surface area contributed by atoms with Gasteiger partial charge in [-0.3, -0.25) is 4.79 Å². The Morgan fingerprint density at radius 2 is 1.93 bits per heavy atom. The van der Waals surface area contributed by atoms with Gasteiger partial charge in [0.05, 0.1) is 11.8 Å². The maximum Gasteiger partial charge on any atom is 0.157 e. The van der Waals surface area contributed by atoms with Gasteiger partial charge < -0.3 is 5.11 Å². The Bertz CT molecular complexity index is 749. The molecule has 5 nitrogen and oxygen atoms in total. The molecule has 1 aromatic rings. The molecule has 0 unspecified atom stereocenters. The zero-order valence-electron chi connectivity index (χ0n) is 18.1. The number of nitrogens with zero attached hydrogens (tertiary/aromatic N) is 3. The molecule has 8 atom stereocenters. The van der Waals surface area contributed by atoms with Crippen molar-refractivity contribution in [2.75, 3.05) is 0 Å². The SMILES string of the molecule is CC[C@@]1(O)CC[C@H]2[C@@H](CC[C@@H]3[C@@H]2CC[C@]2(C)[C@@H](C(=O)Cn4ccnn4)CC[C@@H]32)C1. The number of carbonyl (C=O) groups is 1. The lowest BCUT2D eigenvalue weighted by molar-refractivity contribution is -0.133. The van der Waals surface area contributed by atoms with E-state index in [0.717, 1.165) is 49.4 Å². The normalized spacial score (nSPS) is 46.6. The summed E-state index contributed by atoms with van der Waals surface area (Å²) in [5.41, 5.74) is -0.228. The lowest BCUT2D eigenvalue weighted by atomic mass is 9.48. The Morgan fingerprint density at radius 1 is 1.10 bits per heavy atom. The molecule has 160 valence electrons. The van der Waals surface area contributed by atoms with Crippen molar-refractivity contribution >= 4 is 5.78 Å². The summed E-state index contributed by atoms with van der Waals surface area (Å²) in [5, 5.41) is 18.7. The fraction of sp³-hybridized carbons (Fsp3) is 0.875. The van der Waals surface area contributed by atoms with Gasteiger partial charge in [0, 0.05) is 12.1 Å². The van der Waals surface area contributed by atoms with E-state index in [0.29, 0.717) is 18.2 Å². The van der Waals surface area contributed by atoms with Gasteiger partial charge in [0.25, 0.3) is 0 Å². The van der Waals surface area contributed by atoms with Gasteiger partial charge in [-0.15, -0.1) is 5.10 Å². The molecule has 4 aliphatic carbocycles. The van der Waals surface area contributed by atoms with Crippen LogP contribution in [0.15, 0.2) is 12.4 Å². The predicted octanol–water partition coefficient (Wildman–Crippen LogP) is 4.26. The maximum atomic E-state index is 13.1. The highest BCUT2D eigenvalue weighted by molar-refractivity contribution is 5.82. The van der Waals surface area contributed by atoms with E-state index in [1.807, 2.05) is 0 Å². The van der Waals surface area contributed by atoms with Crippen LogP contribution in [-0.2, 0) is 11.3 Å². The van der Waals surface area contributed by atoms with Gasteiger partial charge in [0.15, 0.2) is 5.78 Å². The highest BCUT2D eigenvalue weighted by Crippen LogP contribution is 2.64. The van der Waals surface area contributed by atoms with Gasteiger partial charge in [-0.1, -0.05) is 19.1 Å². The van der Waals surface area contributed by atoms with E-state index in [-0.39, 0.29) is 11.3 Å². The average Bonchev–Trinajstić information content (AvgIpc) is 3.34. The average molecular weight is 400 g/mol. The van der Waals surface area contributed by atoms with Crippen molar-refractivity contribution in [1.82, 2.24) is 15.0 Å². The second-order valence-electron chi connectivity index (χ2n) is 11.0. The molecule has 1 aromatic heterocycles. The number of hydrogen-bond acceptors (Lipinski definition) is 4. The van der Waals surface area contributed by atoms with Crippen molar-refractivity contribution in [2.45, 2.75) is 90.2 Å². The molecule has 0 amide bonds. The number of Topliss-reactive ketones (excluding diaryl/α,β-unsaturated/α-hetero) is 1. The first-order chi connectivity index (χ1) is 13.9. The van der Waals surface area contributed by atoms with E-state index in [1.165, 1.54) is 38.5 Å². The molecule has 1 heterocycles. The Morgan fingerprint density at radius 3 is 2.69 bits per heavy atom. The zero-order valence-corrected chi connectivity index (χ0v) is 18.1. The van der Waals surface area contributed by atoms with Crippen LogP contribution >= 0.6 is 0 Å². The van der Waals surface area contributed by atoms with E-state index in [1.54, 1.807) is 17.1 Å². The number of ketones is 1. The van der Waals surface area contributed by atoms with Gasteiger partial charge in [0.2, 0.25) is 0 Å². The minimum atomic E-state index is -0.399. The van der Waals surface area contributed by atoms with Crippen LogP contribution in [0.4, 0.5) is 0 Å². The van der Waals surface area contributed by atoms with Crippen molar-refractivity contribution in [3.05, 3.63) is 12.4 Å². The Kier molecular flexibility index (Phi) is 4.88. The number of aliphatic hydroxyl groups is 1. The van der Waals surface area contributed by atoms with Gasteiger partial charge >= 0.3 is 0 Å². The number of fused-ring (bicyclic) bond motifs is 5. The van der Waals surface area contributed by atoms with Crippen LogP contribution < -0.4 is 0 Å². The van der Waals surface area contributed by atoms with Crippen LogP contribution in [0, 0.1) is 40.9 Å². The van der Waals surface area contributed by atoms with E-state index in [2.05, 4.69) is 24.2 Å². The molecule has 0 aromatic carbocycles. The molecule has 5 heteroatoms. The van der Waals surface area contributed by atoms with Crippen LogP contribution in [0.1, 0.15) is 78.1 Å². The smallest absolute Gasteiger partial charge is 0.157 e. The van der Waals surface area contributed by atoms with Crippen molar-refractivity contribution in [3.63, 3.8) is 0 Å². The third kappa shape index (κ3) is 3.19. The quantitative estimate of drug-likeness (QED) is 0.821. The van der Waals surface area contributed by atoms with Crippen molar-refractivity contribution in [1.29, 1.82) is 0 Å². The molecule has 4 aliphatic rings. The monoisotopic (exact) mass is 399 g/mol. The molecule has 0 saturated heterocycles. The van der Waals surface area contributed by atoms with E-state index in [9.17, 15) is 9.90 Å². The molecule has 0 bridgehead atoms. The number of rotatable bonds is 4. The predicted molar refractivity (Wildman–Crippen MR) is 111 cm³/mol. The van der Waals surface area contributed by atoms with Crippen molar-refractivity contribution < 1.29 is 9.90 Å². The summed E-state index contributed by atoms with van der Waals surface area (Å²) >= 11 is 0. The third-order valence-corrected chi connectivity index (χ3v) is 9.94. The summed E-state index contributed by atoms with van der Waals surface area (Å²) in [6.45, 7) is 4.95. The lowest BCUT2D eigenvalue weighted by Crippen LogP contribution is -2.51. The summed E-state index contributed by atoms with van der Waals surface area (Å²) in [4.78, 5) is 13.1.